The zero-order chi connectivity index (χ0) is 18.0. The molecule has 2 aromatic rings. The molecule has 0 bridgehead atoms. The lowest BCUT2D eigenvalue weighted by Gasteiger charge is -2.27. The average Bonchev–Trinajstić information content (AvgIpc) is 3.43. The molecule has 0 unspecified atom stereocenters. The Bertz CT molecular complexity index is 913. The van der Waals surface area contributed by atoms with Gasteiger partial charge in [-0.25, -0.2) is 0 Å². The van der Waals surface area contributed by atoms with Gasteiger partial charge in [0.05, 0.1) is 19.3 Å². The highest BCUT2D eigenvalue weighted by molar-refractivity contribution is 5.47. The second-order valence-electron chi connectivity index (χ2n) is 7.27. The summed E-state index contributed by atoms with van der Waals surface area (Å²) in [4.78, 5) is 0. The van der Waals surface area contributed by atoms with E-state index in [1.807, 2.05) is 36.4 Å². The Morgan fingerprint density at radius 2 is 1.41 bits per heavy atom. The molecule has 0 aromatic heterocycles. The molecule has 4 aliphatic heterocycles. The van der Waals surface area contributed by atoms with Gasteiger partial charge in [0, 0.05) is 5.92 Å². The summed E-state index contributed by atoms with van der Waals surface area (Å²) in [7, 11) is 0. The highest BCUT2D eigenvalue weighted by atomic mass is 16.7. The maximum Gasteiger partial charge on any atom is 0.231 e. The molecular formula is C20H18O7. The van der Waals surface area contributed by atoms with Crippen molar-refractivity contribution < 1.29 is 33.5 Å². The van der Waals surface area contributed by atoms with Crippen LogP contribution in [0.1, 0.15) is 23.3 Å². The highest BCUT2D eigenvalue weighted by Gasteiger charge is 2.59. The fraction of sp³-hybridized carbons (Fsp3) is 0.400. The number of benzene rings is 2. The van der Waals surface area contributed by atoms with Gasteiger partial charge in [-0.3, -0.25) is 0 Å². The van der Waals surface area contributed by atoms with E-state index in [-0.39, 0.29) is 32.2 Å². The number of hydrogen-bond acceptors (Lipinski definition) is 7. The van der Waals surface area contributed by atoms with Gasteiger partial charge in [-0.2, -0.15) is 0 Å². The Balaban J connectivity index is 1.31. The third-order valence-corrected chi connectivity index (χ3v) is 5.82. The van der Waals surface area contributed by atoms with Gasteiger partial charge in [-0.05, 0) is 35.4 Å². The first-order valence-electron chi connectivity index (χ1n) is 8.97. The van der Waals surface area contributed by atoms with Crippen LogP contribution in [0.5, 0.6) is 23.0 Å². The van der Waals surface area contributed by atoms with E-state index < -0.39 is 11.7 Å². The third-order valence-electron chi connectivity index (χ3n) is 5.82. The molecule has 1 N–H and O–H groups in total. The summed E-state index contributed by atoms with van der Waals surface area (Å²) in [5.74, 6) is 2.65. The van der Waals surface area contributed by atoms with Gasteiger partial charge in [0.1, 0.15) is 11.7 Å². The number of fused-ring (bicyclic) bond motifs is 3. The van der Waals surface area contributed by atoms with Crippen molar-refractivity contribution in [3.05, 3.63) is 47.5 Å². The first-order valence-corrected chi connectivity index (χ1v) is 8.97. The van der Waals surface area contributed by atoms with Crippen molar-refractivity contribution in [3.63, 3.8) is 0 Å². The molecule has 2 saturated heterocycles. The SMILES string of the molecule is O[C@@]12CO[C@H](c3ccc4c(c3)OCO4)[C@H]1CO[C@H]2c1ccc2c(c1)OCO2. The number of rotatable bonds is 2. The van der Waals surface area contributed by atoms with E-state index in [4.69, 9.17) is 28.4 Å². The van der Waals surface area contributed by atoms with E-state index in [9.17, 15) is 5.11 Å². The normalized spacial score (nSPS) is 32.7. The smallest absolute Gasteiger partial charge is 0.231 e. The van der Waals surface area contributed by atoms with E-state index in [0.29, 0.717) is 23.9 Å². The van der Waals surface area contributed by atoms with E-state index >= 15 is 0 Å². The molecule has 0 radical (unpaired) electrons. The highest BCUT2D eigenvalue weighted by Crippen LogP contribution is 2.54. The Hall–Kier alpha value is -2.48. The van der Waals surface area contributed by atoms with Crippen molar-refractivity contribution in [1.29, 1.82) is 0 Å². The largest absolute Gasteiger partial charge is 0.454 e. The van der Waals surface area contributed by atoms with Gasteiger partial charge in [0.2, 0.25) is 13.6 Å². The zero-order valence-corrected chi connectivity index (χ0v) is 14.4. The Labute approximate surface area is 155 Å². The Morgan fingerprint density at radius 1 is 0.778 bits per heavy atom. The van der Waals surface area contributed by atoms with Crippen LogP contribution in [0, 0.1) is 5.92 Å². The van der Waals surface area contributed by atoms with Crippen LogP contribution in [0.3, 0.4) is 0 Å². The summed E-state index contributed by atoms with van der Waals surface area (Å²) < 4.78 is 33.7. The summed E-state index contributed by atoms with van der Waals surface area (Å²) in [6.07, 6.45) is -0.737. The van der Waals surface area contributed by atoms with Crippen LogP contribution in [0.25, 0.3) is 0 Å². The van der Waals surface area contributed by atoms with Crippen LogP contribution in [0.15, 0.2) is 36.4 Å². The molecule has 4 atom stereocenters. The van der Waals surface area contributed by atoms with E-state index in [0.717, 1.165) is 16.9 Å². The lowest BCUT2D eigenvalue weighted by molar-refractivity contribution is -0.0628. The molecule has 0 aliphatic carbocycles. The molecule has 7 heteroatoms. The monoisotopic (exact) mass is 370 g/mol. The number of aliphatic hydroxyl groups is 1. The summed E-state index contributed by atoms with van der Waals surface area (Å²) in [5, 5.41) is 11.4. The molecule has 4 heterocycles. The molecule has 4 aliphatic rings. The standard InChI is InChI=1S/C20H18O7/c21-20-8-23-18(11-1-3-14-16(5-11)26-9-24-14)13(20)7-22-19(20)12-2-4-15-17(6-12)27-10-25-15/h1-6,13,18-19,21H,7-10H2/t13-,18-,19+,20+/m1/s1. The van der Waals surface area contributed by atoms with Crippen LogP contribution in [-0.2, 0) is 9.47 Å². The molecule has 27 heavy (non-hydrogen) atoms. The van der Waals surface area contributed by atoms with E-state index in [2.05, 4.69) is 0 Å². The van der Waals surface area contributed by atoms with E-state index in [1.165, 1.54) is 0 Å². The van der Waals surface area contributed by atoms with Crippen molar-refractivity contribution in [2.75, 3.05) is 26.8 Å². The van der Waals surface area contributed by atoms with Crippen molar-refractivity contribution in [1.82, 2.24) is 0 Å². The quantitative estimate of drug-likeness (QED) is 0.870. The summed E-state index contributed by atoms with van der Waals surface area (Å²) >= 11 is 0. The average molecular weight is 370 g/mol. The third kappa shape index (κ3) is 2.19. The van der Waals surface area contributed by atoms with Crippen LogP contribution in [0.2, 0.25) is 0 Å². The predicted molar refractivity (Wildman–Crippen MR) is 91.0 cm³/mol. The molecule has 0 amide bonds. The van der Waals surface area contributed by atoms with Crippen molar-refractivity contribution in [3.8, 4) is 23.0 Å². The lowest BCUT2D eigenvalue weighted by Crippen LogP contribution is -2.39. The summed E-state index contributed by atoms with van der Waals surface area (Å²) in [6.45, 7) is 1.06. The fourth-order valence-corrected chi connectivity index (χ4v) is 4.43. The molecular weight excluding hydrogens is 352 g/mol. The second kappa shape index (κ2) is 5.51. The number of hydrogen-bond donors (Lipinski definition) is 1. The zero-order valence-electron chi connectivity index (χ0n) is 14.4. The topological polar surface area (TPSA) is 75.6 Å². The van der Waals surface area contributed by atoms with Gasteiger partial charge in [-0.1, -0.05) is 12.1 Å². The maximum absolute atomic E-state index is 11.4. The Kier molecular flexibility index (Phi) is 3.18. The lowest BCUT2D eigenvalue weighted by atomic mass is 9.81. The minimum Gasteiger partial charge on any atom is -0.454 e. The second-order valence-corrected chi connectivity index (χ2v) is 7.27. The minimum absolute atomic E-state index is 0.173. The Morgan fingerprint density at radius 3 is 2.15 bits per heavy atom. The van der Waals surface area contributed by atoms with Crippen LogP contribution in [-0.4, -0.2) is 37.5 Å². The summed E-state index contributed by atoms with van der Waals surface area (Å²) in [6, 6.07) is 11.4. The van der Waals surface area contributed by atoms with Crippen LogP contribution >= 0.6 is 0 Å². The molecule has 0 saturated carbocycles. The van der Waals surface area contributed by atoms with E-state index in [1.54, 1.807) is 0 Å². The van der Waals surface area contributed by atoms with Gasteiger partial charge in [-0.15, -0.1) is 0 Å². The van der Waals surface area contributed by atoms with Crippen molar-refractivity contribution in [2.45, 2.75) is 17.8 Å². The van der Waals surface area contributed by atoms with Gasteiger partial charge in [0.15, 0.2) is 23.0 Å². The minimum atomic E-state index is -1.10. The molecule has 6 rings (SSSR count). The number of ether oxygens (including phenoxy) is 6. The van der Waals surface area contributed by atoms with Crippen LogP contribution in [0.4, 0.5) is 0 Å². The fourth-order valence-electron chi connectivity index (χ4n) is 4.43. The molecule has 140 valence electrons. The first kappa shape index (κ1) is 15.6. The molecule has 0 spiro atoms. The predicted octanol–water partition coefficient (Wildman–Crippen LogP) is 2.33. The molecule has 2 fully saturated rings. The van der Waals surface area contributed by atoms with Crippen molar-refractivity contribution in [2.24, 2.45) is 5.92 Å². The van der Waals surface area contributed by atoms with Crippen LogP contribution < -0.4 is 18.9 Å². The first-order chi connectivity index (χ1) is 13.2. The van der Waals surface area contributed by atoms with Gasteiger partial charge < -0.3 is 33.5 Å². The van der Waals surface area contributed by atoms with Gasteiger partial charge in [0.25, 0.3) is 0 Å². The van der Waals surface area contributed by atoms with Crippen molar-refractivity contribution >= 4 is 0 Å². The maximum atomic E-state index is 11.4. The summed E-state index contributed by atoms with van der Waals surface area (Å²) in [5.41, 5.74) is 0.712. The van der Waals surface area contributed by atoms with Gasteiger partial charge >= 0.3 is 0 Å². The molecule has 7 nitrogen and oxygen atoms in total. The molecule has 2 aromatic carbocycles.